The highest BCUT2D eigenvalue weighted by Gasteiger charge is 2.12. The van der Waals surface area contributed by atoms with Gasteiger partial charge in [-0.15, -0.1) is 11.3 Å². The number of nitrogen functional groups attached to an aromatic ring is 1. The molecule has 0 aliphatic heterocycles. The SMILES string of the molecule is CC(Nc1ccc(S(C)(=O)=O)cc1N)c1nccs1. The minimum absolute atomic E-state index is 0.0198. The molecular weight excluding hydrogens is 282 g/mol. The highest BCUT2D eigenvalue weighted by atomic mass is 32.2. The van der Waals surface area contributed by atoms with Gasteiger partial charge >= 0.3 is 0 Å². The Morgan fingerprint density at radius 3 is 2.68 bits per heavy atom. The molecule has 1 heterocycles. The van der Waals surface area contributed by atoms with Gasteiger partial charge < -0.3 is 11.1 Å². The molecule has 0 spiro atoms. The van der Waals surface area contributed by atoms with Crippen LogP contribution in [-0.2, 0) is 9.84 Å². The van der Waals surface area contributed by atoms with Crippen LogP contribution in [0.4, 0.5) is 11.4 Å². The molecule has 0 radical (unpaired) electrons. The number of nitrogens with zero attached hydrogens (tertiary/aromatic N) is 1. The van der Waals surface area contributed by atoms with Gasteiger partial charge in [0.2, 0.25) is 0 Å². The lowest BCUT2D eigenvalue weighted by Crippen LogP contribution is -2.09. The molecule has 0 aliphatic rings. The van der Waals surface area contributed by atoms with Gasteiger partial charge in [0.15, 0.2) is 9.84 Å². The molecule has 0 fully saturated rings. The molecule has 0 saturated heterocycles. The molecule has 1 aromatic heterocycles. The van der Waals surface area contributed by atoms with E-state index in [1.165, 1.54) is 6.07 Å². The quantitative estimate of drug-likeness (QED) is 0.846. The molecule has 1 unspecified atom stereocenters. The third-order valence-electron chi connectivity index (χ3n) is 2.65. The smallest absolute Gasteiger partial charge is 0.175 e. The number of anilines is 2. The van der Waals surface area contributed by atoms with Crippen LogP contribution in [0, 0.1) is 0 Å². The average molecular weight is 297 g/mol. The summed E-state index contributed by atoms with van der Waals surface area (Å²) in [5.74, 6) is 0. The maximum atomic E-state index is 11.4. The Labute approximate surface area is 116 Å². The predicted molar refractivity (Wildman–Crippen MR) is 78.1 cm³/mol. The van der Waals surface area contributed by atoms with Gasteiger partial charge in [-0.1, -0.05) is 0 Å². The summed E-state index contributed by atoms with van der Waals surface area (Å²) in [6.07, 6.45) is 2.90. The lowest BCUT2D eigenvalue weighted by atomic mass is 10.2. The fourth-order valence-electron chi connectivity index (χ4n) is 1.65. The highest BCUT2D eigenvalue weighted by molar-refractivity contribution is 7.90. The molecule has 1 atom stereocenters. The minimum atomic E-state index is -3.23. The minimum Gasteiger partial charge on any atom is -0.397 e. The van der Waals surface area contributed by atoms with Crippen LogP contribution in [0.2, 0.25) is 0 Å². The zero-order chi connectivity index (χ0) is 14.0. The van der Waals surface area contributed by atoms with Crippen LogP contribution in [0.3, 0.4) is 0 Å². The Morgan fingerprint density at radius 2 is 2.16 bits per heavy atom. The van der Waals surface area contributed by atoms with E-state index in [-0.39, 0.29) is 10.9 Å². The van der Waals surface area contributed by atoms with Crippen molar-refractivity contribution in [2.75, 3.05) is 17.3 Å². The van der Waals surface area contributed by atoms with Crippen molar-refractivity contribution in [3.05, 3.63) is 34.8 Å². The van der Waals surface area contributed by atoms with Gasteiger partial charge in [-0.2, -0.15) is 0 Å². The molecule has 2 rings (SSSR count). The summed E-state index contributed by atoms with van der Waals surface area (Å²) < 4.78 is 22.8. The van der Waals surface area contributed by atoms with Gasteiger partial charge in [0.25, 0.3) is 0 Å². The summed E-state index contributed by atoms with van der Waals surface area (Å²) >= 11 is 1.55. The van der Waals surface area contributed by atoms with E-state index in [2.05, 4.69) is 10.3 Å². The van der Waals surface area contributed by atoms with E-state index in [1.807, 2.05) is 12.3 Å². The fourth-order valence-corrected chi connectivity index (χ4v) is 2.95. The molecule has 0 aliphatic carbocycles. The Kier molecular flexibility index (Phi) is 3.77. The molecule has 0 bridgehead atoms. The average Bonchev–Trinajstić information content (AvgIpc) is 2.84. The second kappa shape index (κ2) is 5.18. The van der Waals surface area contributed by atoms with Gasteiger partial charge in [0.05, 0.1) is 22.3 Å². The summed E-state index contributed by atoms with van der Waals surface area (Å²) in [6, 6.07) is 4.70. The van der Waals surface area contributed by atoms with Crippen molar-refractivity contribution >= 4 is 32.5 Å². The maximum Gasteiger partial charge on any atom is 0.175 e. The largest absolute Gasteiger partial charge is 0.397 e. The molecule has 7 heteroatoms. The van der Waals surface area contributed by atoms with Crippen LogP contribution in [0.5, 0.6) is 0 Å². The lowest BCUT2D eigenvalue weighted by molar-refractivity contribution is 0.602. The summed E-state index contributed by atoms with van der Waals surface area (Å²) in [7, 11) is -3.23. The number of hydrogen-bond acceptors (Lipinski definition) is 6. The van der Waals surface area contributed by atoms with Gasteiger partial charge in [0.1, 0.15) is 5.01 Å². The van der Waals surface area contributed by atoms with Crippen molar-refractivity contribution in [2.24, 2.45) is 0 Å². The standard InChI is InChI=1S/C12H15N3O2S2/c1-8(12-14-5-6-18-12)15-11-4-3-9(7-10(11)13)19(2,16)17/h3-8,15H,13H2,1-2H3. The van der Waals surface area contributed by atoms with Crippen molar-refractivity contribution in [3.8, 4) is 0 Å². The van der Waals surface area contributed by atoms with E-state index < -0.39 is 9.84 Å². The molecule has 0 amide bonds. The van der Waals surface area contributed by atoms with Gasteiger partial charge in [-0.25, -0.2) is 13.4 Å². The van der Waals surface area contributed by atoms with Gasteiger partial charge in [-0.3, -0.25) is 0 Å². The number of benzene rings is 1. The summed E-state index contributed by atoms with van der Waals surface area (Å²) in [5.41, 5.74) is 6.99. The van der Waals surface area contributed by atoms with E-state index in [0.717, 1.165) is 11.3 Å². The van der Waals surface area contributed by atoms with E-state index in [0.29, 0.717) is 11.4 Å². The maximum absolute atomic E-state index is 11.4. The Hall–Kier alpha value is -1.60. The molecule has 102 valence electrons. The van der Waals surface area contributed by atoms with Crippen LogP contribution in [0.15, 0.2) is 34.7 Å². The number of thiazole rings is 1. The normalized spacial score (nSPS) is 13.2. The topological polar surface area (TPSA) is 85.1 Å². The number of rotatable bonds is 4. The summed E-state index contributed by atoms with van der Waals surface area (Å²) in [4.78, 5) is 4.44. The molecule has 5 nitrogen and oxygen atoms in total. The number of sulfone groups is 1. The van der Waals surface area contributed by atoms with Crippen molar-refractivity contribution in [1.82, 2.24) is 4.98 Å². The van der Waals surface area contributed by atoms with Crippen LogP contribution in [-0.4, -0.2) is 19.7 Å². The third kappa shape index (κ3) is 3.24. The van der Waals surface area contributed by atoms with E-state index >= 15 is 0 Å². The molecule has 2 aromatic rings. The Balaban J connectivity index is 2.23. The molecule has 19 heavy (non-hydrogen) atoms. The third-order valence-corrected chi connectivity index (χ3v) is 4.71. The number of nitrogens with two attached hydrogens (primary N) is 1. The first-order valence-electron chi connectivity index (χ1n) is 5.63. The van der Waals surface area contributed by atoms with E-state index in [1.54, 1.807) is 29.7 Å². The molecule has 3 N–H and O–H groups in total. The summed E-state index contributed by atoms with van der Waals surface area (Å²) in [6.45, 7) is 1.97. The molecule has 0 saturated carbocycles. The molecule has 1 aromatic carbocycles. The summed E-state index contributed by atoms with van der Waals surface area (Å²) in [5, 5.41) is 6.08. The van der Waals surface area contributed by atoms with Gasteiger partial charge in [0, 0.05) is 17.8 Å². The van der Waals surface area contributed by atoms with Crippen LogP contribution >= 0.6 is 11.3 Å². The van der Waals surface area contributed by atoms with Crippen molar-refractivity contribution in [3.63, 3.8) is 0 Å². The molecular formula is C12H15N3O2S2. The number of hydrogen-bond donors (Lipinski definition) is 2. The zero-order valence-corrected chi connectivity index (χ0v) is 12.3. The number of aromatic nitrogens is 1. The van der Waals surface area contributed by atoms with Crippen molar-refractivity contribution in [1.29, 1.82) is 0 Å². The first-order valence-corrected chi connectivity index (χ1v) is 8.40. The monoisotopic (exact) mass is 297 g/mol. The fraction of sp³-hybridized carbons (Fsp3) is 0.250. The number of nitrogens with one attached hydrogen (secondary N) is 1. The van der Waals surface area contributed by atoms with Gasteiger partial charge in [-0.05, 0) is 25.1 Å². The van der Waals surface area contributed by atoms with Crippen LogP contribution in [0.1, 0.15) is 18.0 Å². The Bertz CT molecular complexity index is 666. The highest BCUT2D eigenvalue weighted by Crippen LogP contribution is 2.27. The van der Waals surface area contributed by atoms with Crippen molar-refractivity contribution < 1.29 is 8.42 Å². The van der Waals surface area contributed by atoms with E-state index in [9.17, 15) is 8.42 Å². The first kappa shape index (κ1) is 13.8. The second-order valence-corrected chi connectivity index (χ2v) is 7.20. The van der Waals surface area contributed by atoms with Crippen LogP contribution < -0.4 is 11.1 Å². The zero-order valence-electron chi connectivity index (χ0n) is 10.6. The Morgan fingerprint density at radius 1 is 1.42 bits per heavy atom. The van der Waals surface area contributed by atoms with E-state index in [4.69, 9.17) is 5.73 Å². The predicted octanol–water partition coefficient (Wildman–Crippen LogP) is 2.30. The first-order chi connectivity index (χ1) is 8.88. The lowest BCUT2D eigenvalue weighted by Gasteiger charge is -2.15. The van der Waals surface area contributed by atoms with Crippen LogP contribution in [0.25, 0.3) is 0 Å². The second-order valence-electron chi connectivity index (χ2n) is 4.26. The van der Waals surface area contributed by atoms with Crippen molar-refractivity contribution in [2.45, 2.75) is 17.9 Å².